The highest BCUT2D eigenvalue weighted by molar-refractivity contribution is 14.1. The summed E-state index contributed by atoms with van der Waals surface area (Å²) >= 11 is 3.11. The molecule has 188 valence electrons. The SMILES string of the molecule is CCC(=O)OC1(C(=O)SCI)C(C)CC2C3CC(F)C4=CC(=O)C=CC4(C)C3(F)C(O)CC21C. The van der Waals surface area contributed by atoms with Crippen molar-refractivity contribution in [2.45, 2.75) is 76.9 Å². The summed E-state index contributed by atoms with van der Waals surface area (Å²) in [6, 6.07) is 0. The lowest BCUT2D eigenvalue weighted by Crippen LogP contribution is -2.70. The maximum absolute atomic E-state index is 17.3. The summed E-state index contributed by atoms with van der Waals surface area (Å²) < 4.78 is 39.3. The van der Waals surface area contributed by atoms with E-state index in [0.29, 0.717) is 10.2 Å². The van der Waals surface area contributed by atoms with Crippen LogP contribution < -0.4 is 0 Å². The van der Waals surface area contributed by atoms with Gasteiger partial charge in [0.05, 0.1) is 9.86 Å². The van der Waals surface area contributed by atoms with Gasteiger partial charge in [0.1, 0.15) is 6.17 Å². The van der Waals surface area contributed by atoms with Crippen LogP contribution in [0.1, 0.15) is 53.4 Å². The van der Waals surface area contributed by atoms with E-state index in [1.54, 1.807) is 20.8 Å². The maximum atomic E-state index is 17.3. The monoisotopic (exact) mass is 608 g/mol. The van der Waals surface area contributed by atoms with Crippen LogP contribution in [0.15, 0.2) is 23.8 Å². The third-order valence-electron chi connectivity index (χ3n) is 9.22. The van der Waals surface area contributed by atoms with Crippen LogP contribution in [-0.4, -0.2) is 49.3 Å². The molecule has 0 heterocycles. The number of carbonyl (C=O) groups excluding carboxylic acids is 3. The second-order valence-electron chi connectivity index (χ2n) is 10.6. The third-order valence-corrected chi connectivity index (χ3v) is 10.8. The lowest BCUT2D eigenvalue weighted by Gasteiger charge is -2.63. The van der Waals surface area contributed by atoms with Crippen LogP contribution >= 0.6 is 34.4 Å². The number of ether oxygens (including phenoxy) is 1. The van der Waals surface area contributed by atoms with Crippen molar-refractivity contribution in [3.63, 3.8) is 0 Å². The third kappa shape index (κ3) is 3.20. The van der Waals surface area contributed by atoms with E-state index in [-0.39, 0.29) is 30.0 Å². The summed E-state index contributed by atoms with van der Waals surface area (Å²) in [5.41, 5.74) is -6.26. The quantitative estimate of drug-likeness (QED) is 0.278. The Hall–Kier alpha value is -0.810. The molecule has 1 N–H and O–H groups in total. The summed E-state index contributed by atoms with van der Waals surface area (Å²) in [5.74, 6) is -2.77. The number of hydrogen-bond acceptors (Lipinski definition) is 6. The largest absolute Gasteiger partial charge is 0.449 e. The van der Waals surface area contributed by atoms with Crippen molar-refractivity contribution in [1.29, 1.82) is 0 Å². The lowest BCUT2D eigenvalue weighted by atomic mass is 9.44. The molecule has 5 nitrogen and oxygen atoms in total. The summed E-state index contributed by atoms with van der Waals surface area (Å²) in [6.45, 7) is 6.81. The van der Waals surface area contributed by atoms with E-state index in [0.717, 1.165) is 17.8 Å². The first-order chi connectivity index (χ1) is 15.8. The van der Waals surface area contributed by atoms with Gasteiger partial charge in [0.25, 0.3) is 0 Å². The fourth-order valence-electron chi connectivity index (χ4n) is 7.63. The predicted molar refractivity (Wildman–Crippen MR) is 134 cm³/mol. The Kier molecular flexibility index (Phi) is 6.68. The van der Waals surface area contributed by atoms with E-state index in [2.05, 4.69) is 22.6 Å². The van der Waals surface area contributed by atoms with Crippen LogP contribution in [0.5, 0.6) is 0 Å². The predicted octanol–water partition coefficient (Wildman–Crippen LogP) is 4.90. The summed E-state index contributed by atoms with van der Waals surface area (Å²) in [7, 11) is 0. The summed E-state index contributed by atoms with van der Waals surface area (Å²) in [5, 5.41) is 11.1. The smallest absolute Gasteiger partial charge is 0.306 e. The van der Waals surface area contributed by atoms with Crippen molar-refractivity contribution in [1.82, 2.24) is 0 Å². The molecule has 0 aliphatic heterocycles. The minimum Gasteiger partial charge on any atom is -0.449 e. The van der Waals surface area contributed by atoms with Gasteiger partial charge in [-0.15, -0.1) is 0 Å². The number of halogens is 3. The molecule has 0 amide bonds. The molecule has 0 aromatic carbocycles. The van der Waals surface area contributed by atoms with Gasteiger partial charge in [-0.1, -0.05) is 61.2 Å². The highest BCUT2D eigenvalue weighted by Gasteiger charge is 2.78. The number of alkyl halides is 3. The topological polar surface area (TPSA) is 80.7 Å². The number of allylic oxidation sites excluding steroid dienone is 4. The minimum atomic E-state index is -2.23. The molecule has 0 radical (unpaired) electrons. The Morgan fingerprint density at radius 2 is 1.97 bits per heavy atom. The lowest BCUT2D eigenvalue weighted by molar-refractivity contribution is -0.228. The number of rotatable bonds is 4. The molecule has 3 saturated carbocycles. The number of carbonyl (C=O) groups is 3. The number of thioether (sulfide) groups is 1. The Labute approximate surface area is 216 Å². The molecule has 0 spiro atoms. The van der Waals surface area contributed by atoms with E-state index in [1.807, 2.05) is 6.92 Å². The first-order valence-electron chi connectivity index (χ1n) is 11.7. The van der Waals surface area contributed by atoms with Crippen molar-refractivity contribution in [3.05, 3.63) is 23.8 Å². The Bertz CT molecular complexity index is 986. The van der Waals surface area contributed by atoms with Gasteiger partial charge in [0, 0.05) is 29.1 Å². The van der Waals surface area contributed by atoms with E-state index < -0.39 is 63.9 Å². The van der Waals surface area contributed by atoms with E-state index in [9.17, 15) is 19.5 Å². The Morgan fingerprint density at radius 3 is 2.59 bits per heavy atom. The van der Waals surface area contributed by atoms with Crippen LogP contribution in [0, 0.1) is 28.6 Å². The molecule has 9 atom stereocenters. The molecule has 4 rings (SSSR count). The van der Waals surface area contributed by atoms with Crippen molar-refractivity contribution < 1.29 is 33.0 Å². The number of fused-ring (bicyclic) bond motifs is 5. The Balaban J connectivity index is 1.87. The second-order valence-corrected chi connectivity index (χ2v) is 13.3. The molecule has 0 bridgehead atoms. The van der Waals surface area contributed by atoms with E-state index in [4.69, 9.17) is 4.74 Å². The molecular weight excluding hydrogens is 577 g/mol. The molecule has 0 aromatic heterocycles. The number of ketones is 1. The average molecular weight is 608 g/mol. The highest BCUT2D eigenvalue weighted by Crippen LogP contribution is 2.72. The first kappa shape index (κ1) is 26.3. The van der Waals surface area contributed by atoms with Crippen LogP contribution in [-0.2, 0) is 19.1 Å². The van der Waals surface area contributed by atoms with Gasteiger partial charge in [-0.05, 0) is 49.8 Å². The molecule has 9 unspecified atom stereocenters. The van der Waals surface area contributed by atoms with Crippen LogP contribution in [0.2, 0.25) is 0 Å². The molecule has 0 aromatic rings. The van der Waals surface area contributed by atoms with Gasteiger partial charge in [0.2, 0.25) is 5.12 Å². The number of hydrogen-bond donors (Lipinski definition) is 1. The Morgan fingerprint density at radius 1 is 1.29 bits per heavy atom. The van der Waals surface area contributed by atoms with Gasteiger partial charge in [-0.2, -0.15) is 0 Å². The minimum absolute atomic E-state index is 0.0627. The van der Waals surface area contributed by atoms with E-state index >= 15 is 8.78 Å². The molecule has 4 aliphatic carbocycles. The first-order valence-corrected chi connectivity index (χ1v) is 14.3. The average Bonchev–Trinajstić information content (AvgIpc) is 2.99. The van der Waals surface area contributed by atoms with Crippen molar-refractivity contribution in [3.8, 4) is 0 Å². The molecule has 4 aliphatic rings. The molecule has 3 fully saturated rings. The zero-order chi connectivity index (χ0) is 25.3. The summed E-state index contributed by atoms with van der Waals surface area (Å²) in [4.78, 5) is 38.1. The molecule has 9 heteroatoms. The molecular formula is C25H31F2IO5S. The zero-order valence-corrected chi connectivity index (χ0v) is 22.8. The zero-order valence-electron chi connectivity index (χ0n) is 19.8. The number of esters is 1. The highest BCUT2D eigenvalue weighted by atomic mass is 127. The second kappa shape index (κ2) is 8.64. The summed E-state index contributed by atoms with van der Waals surface area (Å²) in [6.07, 6.45) is 0.845. The fourth-order valence-corrected chi connectivity index (χ4v) is 9.26. The van der Waals surface area contributed by atoms with E-state index in [1.165, 1.54) is 12.2 Å². The number of aliphatic hydroxyl groups excluding tert-OH is 1. The van der Waals surface area contributed by atoms with Crippen molar-refractivity contribution in [2.24, 2.45) is 28.6 Å². The van der Waals surface area contributed by atoms with Crippen molar-refractivity contribution in [2.75, 3.05) is 3.76 Å². The molecule has 34 heavy (non-hydrogen) atoms. The van der Waals surface area contributed by atoms with Crippen LogP contribution in [0.25, 0.3) is 0 Å². The standard InChI is InChI=1S/C25H31F2IO5S/c1-5-20(31)33-25(21(32)34-12-28)13(2)8-15-16-10-18(26)17-9-14(29)6-7-22(17,3)24(16,27)19(30)11-23(15,25)4/h6-7,9,13,15-16,18-19,30H,5,8,10-12H2,1-4H3. The van der Waals surface area contributed by atoms with Gasteiger partial charge in [-0.25, -0.2) is 8.78 Å². The maximum Gasteiger partial charge on any atom is 0.306 e. The molecule has 0 saturated heterocycles. The van der Waals surface area contributed by atoms with Crippen LogP contribution in [0.3, 0.4) is 0 Å². The fraction of sp³-hybridized carbons (Fsp3) is 0.720. The van der Waals surface area contributed by atoms with Gasteiger partial charge in [-0.3, -0.25) is 14.4 Å². The van der Waals surface area contributed by atoms with Gasteiger partial charge >= 0.3 is 5.97 Å². The van der Waals surface area contributed by atoms with Gasteiger partial charge in [0.15, 0.2) is 17.1 Å². The number of aliphatic hydroxyl groups is 1. The van der Waals surface area contributed by atoms with Crippen molar-refractivity contribution >= 4 is 51.2 Å². The van der Waals surface area contributed by atoms with Crippen LogP contribution in [0.4, 0.5) is 8.78 Å². The van der Waals surface area contributed by atoms with Gasteiger partial charge < -0.3 is 9.84 Å². The normalized spacial score (nSPS) is 47.4.